The highest BCUT2D eigenvalue weighted by atomic mass is 35.5. The highest BCUT2D eigenvalue weighted by Crippen LogP contribution is 2.29. The maximum atomic E-state index is 11.9. The molecule has 3 aromatic carbocycles. The van der Waals surface area contributed by atoms with Crippen molar-refractivity contribution in [2.24, 2.45) is 0 Å². The third-order valence-electron chi connectivity index (χ3n) is 5.15. The van der Waals surface area contributed by atoms with Gasteiger partial charge in [-0.05, 0) is 59.5 Å². The van der Waals surface area contributed by atoms with Gasteiger partial charge in [0, 0.05) is 30.8 Å². The number of benzene rings is 3. The smallest absolute Gasteiger partial charge is 0.175 e. The summed E-state index contributed by atoms with van der Waals surface area (Å²) in [5.74, 6) is 0.846. The second kappa shape index (κ2) is 8.50. The molecular weight excluding hydrogens is 451 g/mol. The van der Waals surface area contributed by atoms with Crippen LogP contribution in [0.5, 0.6) is 0 Å². The fourth-order valence-electron chi connectivity index (χ4n) is 3.55. The number of hydrogen-bond acceptors (Lipinski definition) is 3. The largest absolute Gasteiger partial charge is 0.303 e. The highest BCUT2D eigenvalue weighted by molar-refractivity contribution is 7.90. The van der Waals surface area contributed by atoms with E-state index in [9.17, 15) is 8.42 Å². The fraction of sp³-hybridized carbons (Fsp3) is 0.125. The van der Waals surface area contributed by atoms with E-state index in [1.165, 1.54) is 6.26 Å². The molecule has 31 heavy (non-hydrogen) atoms. The Bertz CT molecular complexity index is 1380. The molecule has 0 saturated carbocycles. The summed E-state index contributed by atoms with van der Waals surface area (Å²) in [5, 5.41) is 1.06. The first-order chi connectivity index (χ1) is 14.7. The van der Waals surface area contributed by atoms with Crippen LogP contribution in [0, 0.1) is 6.92 Å². The van der Waals surface area contributed by atoms with Crippen LogP contribution in [0.1, 0.15) is 17.0 Å². The lowest BCUT2D eigenvalue weighted by atomic mass is 10.0. The van der Waals surface area contributed by atoms with E-state index in [1.807, 2.05) is 54.1 Å². The molecule has 0 N–H and O–H groups in total. The first-order valence-electron chi connectivity index (χ1n) is 9.60. The highest BCUT2D eigenvalue weighted by Gasteiger charge is 2.13. The van der Waals surface area contributed by atoms with Crippen molar-refractivity contribution in [3.05, 3.63) is 100 Å². The number of imidazole rings is 1. The molecule has 0 radical (unpaired) electrons. The number of rotatable bonds is 5. The Morgan fingerprint density at radius 3 is 2.45 bits per heavy atom. The van der Waals surface area contributed by atoms with E-state index in [4.69, 9.17) is 23.2 Å². The summed E-state index contributed by atoms with van der Waals surface area (Å²) in [6, 6.07) is 18.6. The monoisotopic (exact) mass is 470 g/mol. The molecule has 0 atom stereocenters. The van der Waals surface area contributed by atoms with Gasteiger partial charge in [-0.3, -0.25) is 0 Å². The Labute approximate surface area is 192 Å². The number of aromatic nitrogens is 2. The van der Waals surface area contributed by atoms with E-state index in [-0.39, 0.29) is 0 Å². The molecule has 7 heteroatoms. The molecule has 4 aromatic rings. The van der Waals surface area contributed by atoms with E-state index in [0.29, 0.717) is 21.4 Å². The van der Waals surface area contributed by atoms with Crippen molar-refractivity contribution in [3.8, 4) is 16.8 Å². The van der Waals surface area contributed by atoms with Gasteiger partial charge in [-0.25, -0.2) is 13.4 Å². The maximum absolute atomic E-state index is 11.9. The molecule has 0 bridgehead atoms. The average molecular weight is 471 g/mol. The van der Waals surface area contributed by atoms with Gasteiger partial charge in [-0.15, -0.1) is 0 Å². The molecule has 158 valence electrons. The van der Waals surface area contributed by atoms with Crippen molar-refractivity contribution >= 4 is 33.0 Å². The molecule has 1 aromatic heterocycles. The van der Waals surface area contributed by atoms with E-state index < -0.39 is 9.84 Å². The van der Waals surface area contributed by atoms with Crippen LogP contribution >= 0.6 is 23.2 Å². The number of aryl methyl sites for hydroxylation is 1. The van der Waals surface area contributed by atoms with Gasteiger partial charge >= 0.3 is 0 Å². The van der Waals surface area contributed by atoms with E-state index >= 15 is 0 Å². The number of hydrogen-bond donors (Lipinski definition) is 0. The van der Waals surface area contributed by atoms with Crippen molar-refractivity contribution in [1.29, 1.82) is 0 Å². The lowest BCUT2D eigenvalue weighted by Crippen LogP contribution is -2.04. The minimum Gasteiger partial charge on any atom is -0.303 e. The molecule has 0 aliphatic carbocycles. The van der Waals surface area contributed by atoms with Crippen molar-refractivity contribution in [1.82, 2.24) is 9.55 Å². The van der Waals surface area contributed by atoms with Gasteiger partial charge in [-0.2, -0.15) is 0 Å². The molecule has 0 fully saturated rings. The molecule has 0 spiro atoms. The summed E-state index contributed by atoms with van der Waals surface area (Å²) < 4.78 is 25.8. The van der Waals surface area contributed by atoms with Crippen LogP contribution in [0.15, 0.2) is 78.0 Å². The summed E-state index contributed by atoms with van der Waals surface area (Å²) in [6.45, 7) is 2.02. The Kier molecular flexibility index (Phi) is 5.93. The maximum Gasteiger partial charge on any atom is 0.175 e. The van der Waals surface area contributed by atoms with Crippen LogP contribution in [0.4, 0.5) is 0 Å². The third-order valence-corrected chi connectivity index (χ3v) is 7.12. The molecule has 0 aliphatic rings. The van der Waals surface area contributed by atoms with Gasteiger partial charge in [0.15, 0.2) is 9.84 Å². The fourth-order valence-corrected chi connectivity index (χ4v) is 4.61. The van der Waals surface area contributed by atoms with Gasteiger partial charge in [-0.1, -0.05) is 53.5 Å². The van der Waals surface area contributed by atoms with Crippen molar-refractivity contribution in [2.75, 3.05) is 6.26 Å². The average Bonchev–Trinajstić information content (AvgIpc) is 3.18. The molecule has 4 rings (SSSR count). The van der Waals surface area contributed by atoms with Crippen LogP contribution in [0.25, 0.3) is 16.8 Å². The Hall–Kier alpha value is -2.60. The van der Waals surface area contributed by atoms with E-state index in [1.54, 1.807) is 30.5 Å². The van der Waals surface area contributed by atoms with Crippen LogP contribution in [0.2, 0.25) is 10.0 Å². The van der Waals surface area contributed by atoms with Gasteiger partial charge in [0.05, 0.1) is 14.9 Å². The Morgan fingerprint density at radius 1 is 0.968 bits per heavy atom. The predicted octanol–water partition coefficient (Wildman–Crippen LogP) is 6.15. The minimum atomic E-state index is -3.26. The van der Waals surface area contributed by atoms with Crippen LogP contribution in [-0.2, 0) is 16.3 Å². The summed E-state index contributed by atoms with van der Waals surface area (Å²) in [5.41, 5.74) is 4.75. The second-order valence-corrected chi connectivity index (χ2v) is 10.2. The van der Waals surface area contributed by atoms with Crippen LogP contribution < -0.4 is 0 Å². The van der Waals surface area contributed by atoms with Crippen molar-refractivity contribution < 1.29 is 8.42 Å². The van der Waals surface area contributed by atoms with E-state index in [2.05, 4.69) is 4.98 Å². The summed E-state index contributed by atoms with van der Waals surface area (Å²) in [4.78, 5) is 4.82. The van der Waals surface area contributed by atoms with Crippen molar-refractivity contribution in [2.45, 2.75) is 18.2 Å². The summed E-state index contributed by atoms with van der Waals surface area (Å²) in [7, 11) is -3.26. The standard InChI is InChI=1S/C24H20Cl2N2O2S/c1-16-13-18(17-5-3-7-20(14-17)31(2,29)30)9-10-22(16)28-12-11-27-23(28)15-19-6-4-8-21(25)24(19)26/h3-14H,15H2,1-2H3. The molecular formula is C24H20Cl2N2O2S. The van der Waals surface area contributed by atoms with Crippen LogP contribution in [0.3, 0.4) is 0 Å². The molecule has 0 aliphatic heterocycles. The quantitative estimate of drug-likeness (QED) is 0.351. The molecule has 1 heterocycles. The van der Waals surface area contributed by atoms with E-state index in [0.717, 1.165) is 33.8 Å². The number of sulfone groups is 1. The zero-order chi connectivity index (χ0) is 22.2. The topological polar surface area (TPSA) is 52.0 Å². The Balaban J connectivity index is 1.69. The minimum absolute atomic E-state index is 0.307. The zero-order valence-electron chi connectivity index (χ0n) is 17.0. The van der Waals surface area contributed by atoms with Gasteiger partial charge < -0.3 is 4.57 Å². The molecule has 0 saturated heterocycles. The van der Waals surface area contributed by atoms with Gasteiger partial charge in [0.2, 0.25) is 0 Å². The summed E-state index contributed by atoms with van der Waals surface area (Å²) >= 11 is 12.5. The zero-order valence-corrected chi connectivity index (χ0v) is 19.3. The lowest BCUT2D eigenvalue weighted by Gasteiger charge is -2.14. The summed E-state index contributed by atoms with van der Waals surface area (Å²) in [6.07, 6.45) is 5.44. The second-order valence-electron chi connectivity index (χ2n) is 7.40. The van der Waals surface area contributed by atoms with Gasteiger partial charge in [0.1, 0.15) is 5.82 Å². The molecule has 4 nitrogen and oxygen atoms in total. The van der Waals surface area contributed by atoms with Gasteiger partial charge in [0.25, 0.3) is 0 Å². The SMILES string of the molecule is Cc1cc(-c2cccc(S(C)(=O)=O)c2)ccc1-n1ccnc1Cc1cccc(Cl)c1Cl. The predicted molar refractivity (Wildman–Crippen MR) is 126 cm³/mol. The normalized spacial score (nSPS) is 11.6. The molecule has 0 amide bonds. The van der Waals surface area contributed by atoms with Crippen LogP contribution in [-0.4, -0.2) is 24.2 Å². The third kappa shape index (κ3) is 4.54. The first kappa shape index (κ1) is 21.6. The Morgan fingerprint density at radius 2 is 1.71 bits per heavy atom. The number of nitrogens with zero attached hydrogens (tertiary/aromatic N) is 2. The van der Waals surface area contributed by atoms with Crippen molar-refractivity contribution in [3.63, 3.8) is 0 Å². The first-order valence-corrected chi connectivity index (χ1v) is 12.3. The lowest BCUT2D eigenvalue weighted by molar-refractivity contribution is 0.602. The molecule has 0 unspecified atom stereocenters. The number of halogens is 2.